The fourth-order valence-electron chi connectivity index (χ4n) is 0.926. The Morgan fingerprint density at radius 3 is 2.50 bits per heavy atom. The quantitative estimate of drug-likeness (QED) is 0.715. The van der Waals surface area contributed by atoms with E-state index in [0.717, 1.165) is 5.56 Å². The molecule has 1 rings (SSSR count). The van der Waals surface area contributed by atoms with Crippen molar-refractivity contribution >= 4 is 5.97 Å². The lowest BCUT2D eigenvalue weighted by molar-refractivity contribution is -0.312. The van der Waals surface area contributed by atoms with Gasteiger partial charge in [-0.2, -0.15) is 0 Å². The zero-order chi connectivity index (χ0) is 10.6. The molecule has 4 nitrogen and oxygen atoms in total. The average molecular weight is 195 g/mol. The molecule has 0 aromatic heterocycles. The molecule has 1 atom stereocenters. The molecular formula is C10H11O4-. The van der Waals surface area contributed by atoms with Crippen molar-refractivity contribution < 1.29 is 19.7 Å². The Morgan fingerprint density at radius 2 is 2.07 bits per heavy atom. The summed E-state index contributed by atoms with van der Waals surface area (Å²) >= 11 is 0. The number of carbonyl (C=O) groups is 1. The van der Waals surface area contributed by atoms with Gasteiger partial charge in [-0.25, -0.2) is 0 Å². The van der Waals surface area contributed by atoms with E-state index in [9.17, 15) is 9.90 Å². The van der Waals surface area contributed by atoms with E-state index in [1.807, 2.05) is 0 Å². The standard InChI is InChI=1S/C10H12O4/c1-7(10(12)13)14-9-4-2-8(6-11)3-5-9/h2-5,7,11H,6H2,1H3,(H,12,13)/p-1/t7-/m1/s1. The largest absolute Gasteiger partial charge is 0.546 e. The third kappa shape index (κ3) is 2.74. The number of carboxylic acid groups (broad SMARTS) is 1. The van der Waals surface area contributed by atoms with Crippen LogP contribution in [0, 0.1) is 0 Å². The Bertz CT molecular complexity index is 304. The van der Waals surface area contributed by atoms with Crippen LogP contribution in [0.2, 0.25) is 0 Å². The fourth-order valence-corrected chi connectivity index (χ4v) is 0.926. The van der Waals surface area contributed by atoms with Crippen molar-refractivity contribution in [1.29, 1.82) is 0 Å². The lowest BCUT2D eigenvalue weighted by atomic mass is 10.2. The van der Waals surface area contributed by atoms with Gasteiger partial charge in [0.15, 0.2) is 0 Å². The first kappa shape index (κ1) is 10.5. The second-order valence-corrected chi connectivity index (χ2v) is 2.88. The topological polar surface area (TPSA) is 69.6 Å². The third-order valence-electron chi connectivity index (χ3n) is 1.75. The Morgan fingerprint density at radius 1 is 1.50 bits per heavy atom. The van der Waals surface area contributed by atoms with Gasteiger partial charge in [-0.1, -0.05) is 12.1 Å². The molecule has 0 saturated heterocycles. The normalized spacial score (nSPS) is 12.1. The zero-order valence-electron chi connectivity index (χ0n) is 7.77. The predicted molar refractivity (Wildman–Crippen MR) is 47.5 cm³/mol. The van der Waals surface area contributed by atoms with Crippen molar-refractivity contribution in [3.05, 3.63) is 29.8 Å². The van der Waals surface area contributed by atoms with Gasteiger partial charge in [0.05, 0.1) is 12.6 Å². The van der Waals surface area contributed by atoms with Crippen molar-refractivity contribution in [2.24, 2.45) is 0 Å². The smallest absolute Gasteiger partial charge is 0.135 e. The lowest BCUT2D eigenvalue weighted by Gasteiger charge is -2.15. The zero-order valence-corrected chi connectivity index (χ0v) is 7.77. The van der Waals surface area contributed by atoms with Crippen LogP contribution in [0.4, 0.5) is 0 Å². The summed E-state index contributed by atoms with van der Waals surface area (Å²) in [6, 6.07) is 6.53. The SMILES string of the molecule is C[C@@H](Oc1ccc(CO)cc1)C(=O)[O-]. The second-order valence-electron chi connectivity index (χ2n) is 2.88. The first-order valence-electron chi connectivity index (χ1n) is 4.21. The number of ether oxygens (including phenoxy) is 1. The van der Waals surface area contributed by atoms with Crippen LogP contribution in [0.15, 0.2) is 24.3 Å². The maximum atomic E-state index is 10.4. The van der Waals surface area contributed by atoms with Gasteiger partial charge in [0.25, 0.3) is 0 Å². The van der Waals surface area contributed by atoms with Crippen molar-refractivity contribution in [2.75, 3.05) is 0 Å². The number of benzene rings is 1. The van der Waals surface area contributed by atoms with Gasteiger partial charge in [0, 0.05) is 0 Å². The number of hydrogen-bond acceptors (Lipinski definition) is 4. The van der Waals surface area contributed by atoms with Crippen LogP contribution >= 0.6 is 0 Å². The minimum atomic E-state index is -1.25. The number of aliphatic hydroxyl groups is 1. The summed E-state index contributed by atoms with van der Waals surface area (Å²) < 4.78 is 5.03. The molecule has 76 valence electrons. The first-order chi connectivity index (χ1) is 6.63. The summed E-state index contributed by atoms with van der Waals surface area (Å²) in [6.07, 6.45) is -0.977. The summed E-state index contributed by atoms with van der Waals surface area (Å²) in [5.74, 6) is -0.810. The number of aliphatic carboxylic acids is 1. The maximum Gasteiger partial charge on any atom is 0.135 e. The van der Waals surface area contributed by atoms with Gasteiger partial charge >= 0.3 is 0 Å². The van der Waals surface area contributed by atoms with Gasteiger partial charge in [-0.3, -0.25) is 0 Å². The molecule has 0 aliphatic rings. The number of rotatable bonds is 4. The molecule has 1 aromatic rings. The molecule has 4 heteroatoms. The van der Waals surface area contributed by atoms with Crippen LogP contribution in [0.3, 0.4) is 0 Å². The maximum absolute atomic E-state index is 10.4. The summed E-state index contributed by atoms with van der Waals surface area (Å²) in [5, 5.41) is 19.1. The minimum Gasteiger partial charge on any atom is -0.546 e. The number of hydrogen-bond donors (Lipinski definition) is 1. The van der Waals surface area contributed by atoms with E-state index in [1.165, 1.54) is 6.92 Å². The van der Waals surface area contributed by atoms with Crippen LogP contribution < -0.4 is 9.84 Å². The number of aliphatic hydroxyl groups excluding tert-OH is 1. The van der Waals surface area contributed by atoms with Crippen LogP contribution in [0.25, 0.3) is 0 Å². The molecule has 1 aromatic carbocycles. The van der Waals surface area contributed by atoms with E-state index < -0.39 is 12.1 Å². The van der Waals surface area contributed by atoms with E-state index in [-0.39, 0.29) is 6.61 Å². The van der Waals surface area contributed by atoms with E-state index >= 15 is 0 Å². The highest BCUT2D eigenvalue weighted by molar-refractivity contribution is 5.69. The highest BCUT2D eigenvalue weighted by Crippen LogP contribution is 2.13. The van der Waals surface area contributed by atoms with E-state index in [0.29, 0.717) is 5.75 Å². The van der Waals surface area contributed by atoms with Crippen LogP contribution in [-0.2, 0) is 11.4 Å². The molecule has 0 bridgehead atoms. The van der Waals surface area contributed by atoms with E-state index in [1.54, 1.807) is 24.3 Å². The van der Waals surface area contributed by atoms with Crippen LogP contribution in [-0.4, -0.2) is 17.2 Å². The molecule has 1 N–H and O–H groups in total. The fraction of sp³-hybridized carbons (Fsp3) is 0.300. The summed E-state index contributed by atoms with van der Waals surface area (Å²) in [7, 11) is 0. The molecule has 14 heavy (non-hydrogen) atoms. The van der Waals surface area contributed by atoms with Gasteiger partial charge in [0.2, 0.25) is 0 Å². The van der Waals surface area contributed by atoms with Crippen molar-refractivity contribution in [3.8, 4) is 5.75 Å². The van der Waals surface area contributed by atoms with Gasteiger partial charge in [0.1, 0.15) is 11.9 Å². The highest BCUT2D eigenvalue weighted by atomic mass is 16.5. The molecule has 0 fully saturated rings. The Kier molecular flexibility index (Phi) is 3.48. The lowest BCUT2D eigenvalue weighted by Crippen LogP contribution is -2.37. The minimum absolute atomic E-state index is 0.0453. The molecule has 0 amide bonds. The Hall–Kier alpha value is -1.55. The molecular weight excluding hydrogens is 184 g/mol. The summed E-state index contributed by atoms with van der Waals surface area (Å²) in [4.78, 5) is 10.4. The summed E-state index contributed by atoms with van der Waals surface area (Å²) in [5.41, 5.74) is 0.749. The van der Waals surface area contributed by atoms with E-state index in [2.05, 4.69) is 0 Å². The molecule has 0 saturated carbocycles. The molecule has 0 radical (unpaired) electrons. The van der Waals surface area contributed by atoms with Gasteiger partial charge in [-0.05, 0) is 24.6 Å². The van der Waals surface area contributed by atoms with Crippen molar-refractivity contribution in [2.45, 2.75) is 19.6 Å². The third-order valence-corrected chi connectivity index (χ3v) is 1.75. The monoisotopic (exact) mass is 195 g/mol. The van der Waals surface area contributed by atoms with Crippen LogP contribution in [0.5, 0.6) is 5.75 Å². The van der Waals surface area contributed by atoms with Crippen molar-refractivity contribution in [1.82, 2.24) is 0 Å². The van der Waals surface area contributed by atoms with Gasteiger partial charge < -0.3 is 19.7 Å². The summed E-state index contributed by atoms with van der Waals surface area (Å²) in [6.45, 7) is 1.35. The Labute approximate surface area is 81.8 Å². The highest BCUT2D eigenvalue weighted by Gasteiger charge is 2.03. The molecule has 0 unspecified atom stereocenters. The molecule has 0 aliphatic heterocycles. The molecule has 0 aliphatic carbocycles. The van der Waals surface area contributed by atoms with Gasteiger partial charge in [-0.15, -0.1) is 0 Å². The Balaban J connectivity index is 2.64. The van der Waals surface area contributed by atoms with Crippen molar-refractivity contribution in [3.63, 3.8) is 0 Å². The van der Waals surface area contributed by atoms with E-state index in [4.69, 9.17) is 9.84 Å². The number of carboxylic acids is 1. The number of carbonyl (C=O) groups excluding carboxylic acids is 1. The second kappa shape index (κ2) is 4.62. The average Bonchev–Trinajstić information content (AvgIpc) is 2.19. The first-order valence-corrected chi connectivity index (χ1v) is 4.21. The molecule has 0 heterocycles. The molecule has 0 spiro atoms. The predicted octanol–water partition coefficient (Wildman–Crippen LogP) is -0.304. The van der Waals surface area contributed by atoms with Crippen LogP contribution in [0.1, 0.15) is 12.5 Å².